The Labute approximate surface area is 197 Å². The zero-order valence-electron chi connectivity index (χ0n) is 20.0. The van der Waals surface area contributed by atoms with Gasteiger partial charge in [-0.3, -0.25) is 4.79 Å². The van der Waals surface area contributed by atoms with E-state index in [0.29, 0.717) is 26.1 Å². The number of unbranched alkanes of at least 4 members (excludes halogenated alkanes) is 6. The maximum atomic E-state index is 12.6. The molecule has 1 heterocycles. The number of ether oxygens (including phenoxy) is 1. The molecule has 1 aromatic heterocycles. The van der Waals surface area contributed by atoms with E-state index in [0.717, 1.165) is 25.9 Å². The Hall–Kier alpha value is -1.67. The lowest BCUT2D eigenvalue weighted by Crippen LogP contribution is -2.36. The van der Waals surface area contributed by atoms with Gasteiger partial charge in [-0.1, -0.05) is 52.4 Å². The Balaban J connectivity index is 3.06. The number of hydrogen-bond donors (Lipinski definition) is 1. The summed E-state index contributed by atoms with van der Waals surface area (Å²) in [5, 5.41) is 4.44. The van der Waals surface area contributed by atoms with Crippen molar-refractivity contribution in [1.29, 1.82) is 0 Å². The number of amides is 1. The summed E-state index contributed by atoms with van der Waals surface area (Å²) in [5.74, 6) is -0.600. The van der Waals surface area contributed by atoms with Crippen LogP contribution < -0.4 is 5.32 Å². The second-order valence-electron chi connectivity index (χ2n) is 7.99. The molecule has 1 N–H and O–H groups in total. The number of nitrogens with zero attached hydrogens (tertiary/aromatic N) is 2. The number of methoxy groups -OCH3 is 1. The SMILES string of the molecule is CCCCCCN(CCCCCC)C(=S)Nc1sc(C(=O)N(C)C)c(C)c1C(=O)OC. The molecule has 31 heavy (non-hydrogen) atoms. The number of carbonyl (C=O) groups excluding carboxylic acids is 2. The quantitative estimate of drug-likeness (QED) is 0.227. The molecule has 0 atom stereocenters. The fourth-order valence-electron chi connectivity index (χ4n) is 3.31. The zero-order chi connectivity index (χ0) is 23.4. The summed E-state index contributed by atoms with van der Waals surface area (Å²) in [7, 11) is 4.75. The van der Waals surface area contributed by atoms with Crippen molar-refractivity contribution < 1.29 is 14.3 Å². The van der Waals surface area contributed by atoms with E-state index in [4.69, 9.17) is 17.0 Å². The van der Waals surface area contributed by atoms with Crippen LogP contribution in [0, 0.1) is 6.92 Å². The van der Waals surface area contributed by atoms with Gasteiger partial charge in [0.1, 0.15) is 5.00 Å². The minimum atomic E-state index is -0.464. The third-order valence-electron chi connectivity index (χ3n) is 5.21. The highest BCUT2D eigenvalue weighted by molar-refractivity contribution is 7.80. The van der Waals surface area contributed by atoms with E-state index >= 15 is 0 Å². The van der Waals surface area contributed by atoms with Crippen molar-refractivity contribution >= 4 is 45.5 Å². The zero-order valence-corrected chi connectivity index (χ0v) is 21.6. The molecule has 0 aromatic carbocycles. The van der Waals surface area contributed by atoms with E-state index in [1.54, 1.807) is 21.0 Å². The van der Waals surface area contributed by atoms with Gasteiger partial charge in [0.15, 0.2) is 5.11 Å². The number of anilines is 1. The molecule has 0 fully saturated rings. The normalized spacial score (nSPS) is 10.6. The average Bonchev–Trinajstić information content (AvgIpc) is 3.06. The first-order chi connectivity index (χ1) is 14.8. The molecule has 1 aromatic rings. The summed E-state index contributed by atoms with van der Waals surface area (Å²) in [6.07, 6.45) is 9.35. The molecule has 0 aliphatic rings. The molecule has 1 amide bonds. The summed E-state index contributed by atoms with van der Waals surface area (Å²) in [5.41, 5.74) is 1.01. The van der Waals surface area contributed by atoms with Crippen LogP contribution in [0.25, 0.3) is 0 Å². The number of esters is 1. The molecule has 0 spiro atoms. The van der Waals surface area contributed by atoms with Gasteiger partial charge in [0.25, 0.3) is 5.91 Å². The first-order valence-corrected chi connectivity index (χ1v) is 12.5. The van der Waals surface area contributed by atoms with Crippen LogP contribution in [-0.2, 0) is 4.74 Å². The molecule has 0 saturated carbocycles. The van der Waals surface area contributed by atoms with Crippen LogP contribution in [0.15, 0.2) is 0 Å². The number of thiocarbonyl (C=S) groups is 1. The summed E-state index contributed by atoms with van der Waals surface area (Å²) in [4.78, 5) is 29.3. The molecule has 0 bridgehead atoms. The van der Waals surface area contributed by atoms with Gasteiger partial charge < -0.3 is 19.9 Å². The van der Waals surface area contributed by atoms with Crippen molar-refractivity contribution in [3.63, 3.8) is 0 Å². The Morgan fingerprint density at radius 1 is 1.00 bits per heavy atom. The maximum Gasteiger partial charge on any atom is 0.341 e. The molecule has 8 heteroatoms. The van der Waals surface area contributed by atoms with Gasteiger partial charge >= 0.3 is 5.97 Å². The molecule has 6 nitrogen and oxygen atoms in total. The number of rotatable bonds is 13. The summed E-state index contributed by atoms with van der Waals surface area (Å²) >= 11 is 7.00. The molecule has 0 aliphatic carbocycles. The van der Waals surface area contributed by atoms with E-state index in [1.807, 2.05) is 0 Å². The molecule has 0 unspecified atom stereocenters. The summed E-state index contributed by atoms with van der Waals surface area (Å²) < 4.78 is 4.98. The van der Waals surface area contributed by atoms with Crippen molar-refractivity contribution in [2.45, 2.75) is 72.1 Å². The monoisotopic (exact) mass is 469 g/mol. The third kappa shape index (κ3) is 8.41. The van der Waals surface area contributed by atoms with Crippen LogP contribution in [-0.4, -0.2) is 61.1 Å². The Morgan fingerprint density at radius 3 is 2.00 bits per heavy atom. The number of carbonyl (C=O) groups is 2. The second-order valence-corrected chi connectivity index (χ2v) is 9.40. The maximum absolute atomic E-state index is 12.6. The van der Waals surface area contributed by atoms with Gasteiger partial charge in [-0.05, 0) is 37.5 Å². The number of hydrogen-bond acceptors (Lipinski definition) is 5. The van der Waals surface area contributed by atoms with Crippen molar-refractivity contribution in [3.05, 3.63) is 16.0 Å². The van der Waals surface area contributed by atoms with E-state index in [9.17, 15) is 9.59 Å². The highest BCUT2D eigenvalue weighted by Crippen LogP contribution is 2.34. The van der Waals surface area contributed by atoms with E-state index < -0.39 is 5.97 Å². The molecule has 0 saturated heterocycles. The fourth-order valence-corrected chi connectivity index (χ4v) is 4.87. The number of nitrogens with one attached hydrogen (secondary N) is 1. The van der Waals surface area contributed by atoms with Crippen LogP contribution in [0.3, 0.4) is 0 Å². The van der Waals surface area contributed by atoms with Crippen molar-refractivity contribution in [2.24, 2.45) is 0 Å². The molecule has 176 valence electrons. The predicted molar refractivity (Wildman–Crippen MR) is 134 cm³/mol. The lowest BCUT2D eigenvalue weighted by Gasteiger charge is -2.26. The minimum Gasteiger partial charge on any atom is -0.465 e. The van der Waals surface area contributed by atoms with Crippen molar-refractivity contribution in [3.8, 4) is 0 Å². The molecule has 0 radical (unpaired) electrons. The first-order valence-electron chi connectivity index (χ1n) is 11.3. The molecule has 0 aliphatic heterocycles. The van der Waals surface area contributed by atoms with Crippen LogP contribution in [0.1, 0.15) is 90.8 Å². The van der Waals surface area contributed by atoms with E-state index in [1.165, 1.54) is 61.9 Å². The van der Waals surface area contributed by atoms with Crippen molar-refractivity contribution in [1.82, 2.24) is 9.80 Å². The topological polar surface area (TPSA) is 61.9 Å². The van der Waals surface area contributed by atoms with Gasteiger partial charge in [0.05, 0.1) is 17.6 Å². The van der Waals surface area contributed by atoms with Crippen LogP contribution in [0.2, 0.25) is 0 Å². The largest absolute Gasteiger partial charge is 0.465 e. The fraction of sp³-hybridized carbons (Fsp3) is 0.696. The van der Waals surface area contributed by atoms with Gasteiger partial charge in [0, 0.05) is 27.2 Å². The highest BCUT2D eigenvalue weighted by atomic mass is 32.1. The molecular weight excluding hydrogens is 430 g/mol. The molecule has 1 rings (SSSR count). The minimum absolute atomic E-state index is 0.136. The Kier molecular flexibility index (Phi) is 12.7. The molecular formula is C23H39N3O3S2. The van der Waals surface area contributed by atoms with Crippen LogP contribution in [0.5, 0.6) is 0 Å². The van der Waals surface area contributed by atoms with E-state index in [-0.39, 0.29) is 5.91 Å². The van der Waals surface area contributed by atoms with Gasteiger partial charge in [-0.15, -0.1) is 11.3 Å². The standard InChI is InChI=1S/C23H39N3O3S2/c1-7-9-11-13-15-26(16-14-12-10-8-2)23(30)24-20-18(22(28)29-6)17(3)19(31-20)21(27)25(4)5/h7-16H2,1-6H3,(H,24,30). The number of thiophene rings is 1. The summed E-state index contributed by atoms with van der Waals surface area (Å²) in [6, 6.07) is 0. The van der Waals surface area contributed by atoms with Crippen LogP contribution >= 0.6 is 23.6 Å². The first kappa shape index (κ1) is 27.4. The van der Waals surface area contributed by atoms with Crippen LogP contribution in [0.4, 0.5) is 5.00 Å². The Morgan fingerprint density at radius 2 is 1.55 bits per heavy atom. The predicted octanol–water partition coefficient (Wildman–Crippen LogP) is 5.70. The Bertz CT molecular complexity index is 720. The lowest BCUT2D eigenvalue weighted by atomic mass is 10.1. The van der Waals surface area contributed by atoms with Gasteiger partial charge in [-0.2, -0.15) is 0 Å². The summed E-state index contributed by atoms with van der Waals surface area (Å²) in [6.45, 7) is 7.96. The van der Waals surface area contributed by atoms with Gasteiger partial charge in [-0.25, -0.2) is 4.79 Å². The lowest BCUT2D eigenvalue weighted by molar-refractivity contribution is 0.0601. The van der Waals surface area contributed by atoms with E-state index in [2.05, 4.69) is 24.1 Å². The second kappa shape index (κ2) is 14.4. The smallest absolute Gasteiger partial charge is 0.341 e. The average molecular weight is 470 g/mol. The van der Waals surface area contributed by atoms with Crippen molar-refractivity contribution in [2.75, 3.05) is 39.6 Å². The highest BCUT2D eigenvalue weighted by Gasteiger charge is 2.27. The third-order valence-corrected chi connectivity index (χ3v) is 6.76. The van der Waals surface area contributed by atoms with Gasteiger partial charge in [0.2, 0.25) is 0 Å².